The summed E-state index contributed by atoms with van der Waals surface area (Å²) in [5.41, 5.74) is 0. The van der Waals surface area contributed by atoms with Crippen molar-refractivity contribution < 1.29 is 0 Å². The summed E-state index contributed by atoms with van der Waals surface area (Å²) in [7, 11) is 0. The summed E-state index contributed by atoms with van der Waals surface area (Å²) in [5, 5.41) is 5.15. The number of hydrogen-bond donors (Lipinski definition) is 0. The van der Waals surface area contributed by atoms with Crippen LogP contribution in [-0.2, 0) is 0 Å². The van der Waals surface area contributed by atoms with Crippen LogP contribution in [0.5, 0.6) is 0 Å². The van der Waals surface area contributed by atoms with Crippen molar-refractivity contribution in [2.75, 3.05) is 18.8 Å². The topological polar surface area (TPSA) is 14.1 Å². The van der Waals surface area contributed by atoms with E-state index in [0.717, 1.165) is 18.3 Å². The molecule has 0 aliphatic carbocycles. The highest BCUT2D eigenvalue weighted by atomic mass is 32.2. The van der Waals surface area contributed by atoms with Gasteiger partial charge in [0.05, 0.1) is 0 Å². The van der Waals surface area contributed by atoms with Gasteiger partial charge in [-0.1, -0.05) is 6.92 Å². The molecule has 0 amide bonds. The Hall–Kier alpha value is 0.310. The molecule has 47 valence electrons. The zero-order valence-corrected chi connectivity index (χ0v) is 6.08. The van der Waals surface area contributed by atoms with E-state index in [1.807, 2.05) is 0 Å². The van der Waals surface area contributed by atoms with Gasteiger partial charge in [-0.3, -0.25) is 0 Å². The summed E-state index contributed by atoms with van der Waals surface area (Å²) in [6.07, 6.45) is 1.29. The van der Waals surface area contributed by atoms with Crippen LogP contribution in [0.4, 0.5) is 0 Å². The van der Waals surface area contributed by atoms with Crippen LogP contribution in [0.3, 0.4) is 0 Å². The molecule has 0 spiro atoms. The highest BCUT2D eigenvalue weighted by Gasteiger charge is 2.10. The van der Waals surface area contributed by atoms with E-state index in [0.29, 0.717) is 0 Å². The van der Waals surface area contributed by atoms with Gasteiger partial charge < -0.3 is 0 Å². The van der Waals surface area contributed by atoms with Crippen molar-refractivity contribution in [1.29, 1.82) is 0 Å². The fourth-order valence-electron chi connectivity index (χ4n) is 0.819. The van der Waals surface area contributed by atoms with E-state index < -0.39 is 0 Å². The zero-order valence-electron chi connectivity index (χ0n) is 5.26. The smallest absolute Gasteiger partial charge is 0.0252 e. The third-order valence-corrected chi connectivity index (χ3v) is 2.76. The first-order chi connectivity index (χ1) is 3.93. The number of nitrogens with zero attached hydrogens (tertiary/aromatic N) is 1. The van der Waals surface area contributed by atoms with Crippen LogP contribution in [0.25, 0.3) is 0 Å². The lowest BCUT2D eigenvalue weighted by Gasteiger charge is -2.18. The van der Waals surface area contributed by atoms with E-state index in [2.05, 4.69) is 24.0 Å². The second-order valence-electron chi connectivity index (χ2n) is 2.03. The van der Waals surface area contributed by atoms with Crippen molar-refractivity contribution in [1.82, 2.24) is 5.32 Å². The fourth-order valence-corrected chi connectivity index (χ4v) is 1.83. The normalized spacial score (nSPS) is 30.4. The van der Waals surface area contributed by atoms with Crippen molar-refractivity contribution in [3.8, 4) is 0 Å². The lowest BCUT2D eigenvalue weighted by atomic mass is 10.3. The average molecular weight is 130 g/mol. The van der Waals surface area contributed by atoms with Crippen molar-refractivity contribution in [2.24, 2.45) is 0 Å². The maximum absolute atomic E-state index is 4.31. The Morgan fingerprint density at radius 1 is 1.75 bits per heavy atom. The minimum atomic E-state index is 0.837. The van der Waals surface area contributed by atoms with Gasteiger partial charge in [0.2, 0.25) is 0 Å². The van der Waals surface area contributed by atoms with Gasteiger partial charge in [-0.25, -0.2) is 5.32 Å². The Labute approximate surface area is 55.2 Å². The number of rotatable bonds is 1. The Kier molecular flexibility index (Phi) is 2.70. The summed E-state index contributed by atoms with van der Waals surface area (Å²) in [5.74, 6) is 1.25. The maximum atomic E-state index is 4.31. The quantitative estimate of drug-likeness (QED) is 0.518. The standard InChI is InChI=1S/C6H12NS/c1-2-6-5-7-3-4-8-6/h6H,2-5H2,1H3. The summed E-state index contributed by atoms with van der Waals surface area (Å²) in [6.45, 7) is 4.42. The molecule has 1 fully saturated rings. The van der Waals surface area contributed by atoms with Gasteiger partial charge >= 0.3 is 0 Å². The van der Waals surface area contributed by atoms with Crippen LogP contribution in [0.2, 0.25) is 0 Å². The molecule has 0 aromatic carbocycles. The molecule has 0 bridgehead atoms. The van der Waals surface area contributed by atoms with Crippen LogP contribution in [0.15, 0.2) is 0 Å². The highest BCUT2D eigenvalue weighted by molar-refractivity contribution is 8.00. The molecular formula is C6H12NS. The molecule has 2 heteroatoms. The van der Waals surface area contributed by atoms with E-state index in [1.54, 1.807) is 0 Å². The van der Waals surface area contributed by atoms with Crippen LogP contribution in [-0.4, -0.2) is 24.1 Å². The molecule has 1 radical (unpaired) electrons. The molecule has 1 heterocycles. The average Bonchev–Trinajstić information content (AvgIpc) is 1.90. The van der Waals surface area contributed by atoms with Crippen LogP contribution in [0.1, 0.15) is 13.3 Å². The van der Waals surface area contributed by atoms with E-state index in [1.165, 1.54) is 12.2 Å². The highest BCUT2D eigenvalue weighted by Crippen LogP contribution is 2.16. The molecule has 0 aromatic rings. The van der Waals surface area contributed by atoms with Crippen molar-refractivity contribution in [2.45, 2.75) is 18.6 Å². The fraction of sp³-hybridized carbons (Fsp3) is 1.00. The van der Waals surface area contributed by atoms with Gasteiger partial charge in [-0.05, 0) is 6.42 Å². The second kappa shape index (κ2) is 3.36. The molecule has 0 N–H and O–H groups in total. The van der Waals surface area contributed by atoms with Gasteiger partial charge in [-0.15, -0.1) is 0 Å². The van der Waals surface area contributed by atoms with E-state index in [4.69, 9.17) is 0 Å². The summed E-state index contributed by atoms with van der Waals surface area (Å²) in [4.78, 5) is 0. The summed E-state index contributed by atoms with van der Waals surface area (Å²) < 4.78 is 0. The van der Waals surface area contributed by atoms with Gasteiger partial charge in [0.15, 0.2) is 0 Å². The van der Waals surface area contributed by atoms with E-state index in [-0.39, 0.29) is 0 Å². The molecule has 0 aromatic heterocycles. The minimum Gasteiger partial charge on any atom is -0.240 e. The molecule has 0 saturated carbocycles. The number of hydrogen-bond acceptors (Lipinski definition) is 1. The van der Waals surface area contributed by atoms with Gasteiger partial charge in [0.25, 0.3) is 0 Å². The van der Waals surface area contributed by atoms with Gasteiger partial charge in [0, 0.05) is 24.1 Å². The molecule has 1 rings (SSSR count). The first-order valence-electron chi connectivity index (χ1n) is 3.18. The van der Waals surface area contributed by atoms with Crippen molar-refractivity contribution in [3.63, 3.8) is 0 Å². The summed E-state index contributed by atoms with van der Waals surface area (Å²) >= 11 is 2.07. The Morgan fingerprint density at radius 2 is 2.62 bits per heavy atom. The molecule has 1 aliphatic heterocycles. The first-order valence-corrected chi connectivity index (χ1v) is 4.23. The molecule has 8 heavy (non-hydrogen) atoms. The maximum Gasteiger partial charge on any atom is 0.0252 e. The zero-order chi connectivity index (χ0) is 5.82. The lowest BCUT2D eigenvalue weighted by Crippen LogP contribution is -2.26. The van der Waals surface area contributed by atoms with Crippen molar-refractivity contribution in [3.05, 3.63) is 0 Å². The SMILES string of the molecule is CCC1C[N]CCS1. The largest absolute Gasteiger partial charge is 0.240 e. The van der Waals surface area contributed by atoms with Gasteiger partial charge in [0.1, 0.15) is 0 Å². The van der Waals surface area contributed by atoms with E-state index >= 15 is 0 Å². The monoisotopic (exact) mass is 130 g/mol. The Bertz CT molecular complexity index is 59.5. The Balaban J connectivity index is 2.13. The summed E-state index contributed by atoms with van der Waals surface area (Å²) in [6, 6.07) is 0. The second-order valence-corrected chi connectivity index (χ2v) is 3.44. The molecule has 1 unspecified atom stereocenters. The van der Waals surface area contributed by atoms with E-state index in [9.17, 15) is 0 Å². The predicted molar refractivity (Wildman–Crippen MR) is 38.4 cm³/mol. The third kappa shape index (κ3) is 1.67. The predicted octanol–water partition coefficient (Wildman–Crippen LogP) is 1.12. The molecule has 1 nitrogen and oxygen atoms in total. The van der Waals surface area contributed by atoms with Crippen molar-refractivity contribution >= 4 is 11.8 Å². The Morgan fingerprint density at radius 3 is 3.00 bits per heavy atom. The van der Waals surface area contributed by atoms with Crippen LogP contribution in [0, 0.1) is 0 Å². The van der Waals surface area contributed by atoms with Crippen LogP contribution >= 0.6 is 11.8 Å². The third-order valence-electron chi connectivity index (χ3n) is 1.39. The molecule has 1 saturated heterocycles. The molecule has 1 aliphatic rings. The number of thioether (sulfide) groups is 1. The van der Waals surface area contributed by atoms with Gasteiger partial charge in [-0.2, -0.15) is 11.8 Å². The van der Waals surface area contributed by atoms with Crippen LogP contribution < -0.4 is 5.32 Å². The minimum absolute atomic E-state index is 0.837. The molecule has 1 atom stereocenters. The lowest BCUT2D eigenvalue weighted by molar-refractivity contribution is 0.646. The molecular weight excluding hydrogens is 118 g/mol. The first kappa shape index (κ1) is 6.43.